The Morgan fingerprint density at radius 3 is 2.50 bits per heavy atom. The van der Waals surface area contributed by atoms with E-state index in [0.29, 0.717) is 5.69 Å². The third kappa shape index (κ3) is 2.47. The Bertz CT molecular complexity index is 583. The van der Waals surface area contributed by atoms with Crippen molar-refractivity contribution in [2.75, 3.05) is 0 Å². The largest absolute Gasteiger partial charge is 0.265 e. The van der Waals surface area contributed by atoms with Crippen LogP contribution in [0.1, 0.15) is 11.1 Å². The van der Waals surface area contributed by atoms with Crippen molar-refractivity contribution in [3.63, 3.8) is 0 Å². The molecule has 0 unspecified atom stereocenters. The van der Waals surface area contributed by atoms with E-state index in [4.69, 9.17) is 6.57 Å². The maximum Gasteiger partial charge on any atom is 0.188 e. The molecule has 74 valence electrons. The predicted octanol–water partition coefficient (Wildman–Crippen LogP) is 3.03. The van der Waals surface area contributed by atoms with Gasteiger partial charge in [0.05, 0.1) is 6.57 Å². The average Bonchev–Trinajstić information content (AvgIpc) is 2.38. The van der Waals surface area contributed by atoms with Crippen molar-refractivity contribution in [2.45, 2.75) is 0 Å². The zero-order chi connectivity index (χ0) is 11.2. The van der Waals surface area contributed by atoms with Crippen LogP contribution in [-0.2, 0) is 0 Å². The van der Waals surface area contributed by atoms with Gasteiger partial charge in [-0.25, -0.2) is 4.85 Å². The number of nitrogens with zero attached hydrogens (tertiary/aromatic N) is 2. The smallest absolute Gasteiger partial charge is 0.188 e. The van der Waals surface area contributed by atoms with Gasteiger partial charge in [-0.3, -0.25) is 4.98 Å². The van der Waals surface area contributed by atoms with E-state index in [1.807, 2.05) is 24.3 Å². The van der Waals surface area contributed by atoms with Crippen LogP contribution in [0.25, 0.3) is 4.85 Å². The van der Waals surface area contributed by atoms with Gasteiger partial charge in [-0.1, -0.05) is 24.0 Å². The van der Waals surface area contributed by atoms with Gasteiger partial charge in [0, 0.05) is 23.5 Å². The highest BCUT2D eigenvalue weighted by atomic mass is 14.6. The van der Waals surface area contributed by atoms with E-state index in [-0.39, 0.29) is 0 Å². The Labute approximate surface area is 94.4 Å². The highest BCUT2D eigenvalue weighted by Crippen LogP contribution is 2.12. The molecular weight excluding hydrogens is 196 g/mol. The first-order valence-corrected chi connectivity index (χ1v) is 4.78. The zero-order valence-electron chi connectivity index (χ0n) is 8.51. The summed E-state index contributed by atoms with van der Waals surface area (Å²) in [6.45, 7) is 6.91. The molecule has 0 spiro atoms. The fraction of sp³-hybridized carbons (Fsp3) is 0. The first-order valence-electron chi connectivity index (χ1n) is 4.78. The van der Waals surface area contributed by atoms with Crippen molar-refractivity contribution in [3.05, 3.63) is 71.3 Å². The average molecular weight is 204 g/mol. The Morgan fingerprint density at radius 1 is 1.00 bits per heavy atom. The molecule has 0 aliphatic heterocycles. The van der Waals surface area contributed by atoms with E-state index in [9.17, 15) is 0 Å². The van der Waals surface area contributed by atoms with Crippen molar-refractivity contribution >= 4 is 5.69 Å². The summed E-state index contributed by atoms with van der Waals surface area (Å²) < 4.78 is 0. The lowest BCUT2D eigenvalue weighted by Gasteiger charge is -1.91. The summed E-state index contributed by atoms with van der Waals surface area (Å²) in [5.74, 6) is 6.03. The molecule has 16 heavy (non-hydrogen) atoms. The molecule has 0 saturated carbocycles. The second kappa shape index (κ2) is 4.77. The maximum atomic E-state index is 6.91. The Balaban J connectivity index is 2.28. The molecule has 2 aromatic rings. The summed E-state index contributed by atoms with van der Waals surface area (Å²) >= 11 is 0. The topological polar surface area (TPSA) is 17.2 Å². The van der Waals surface area contributed by atoms with Crippen LogP contribution in [0.5, 0.6) is 0 Å². The van der Waals surface area contributed by atoms with E-state index in [1.165, 1.54) is 0 Å². The van der Waals surface area contributed by atoms with Crippen LogP contribution >= 0.6 is 0 Å². The van der Waals surface area contributed by atoms with Gasteiger partial charge in [0.1, 0.15) is 0 Å². The lowest BCUT2D eigenvalue weighted by atomic mass is 10.2. The fourth-order valence-corrected chi connectivity index (χ4v) is 1.23. The summed E-state index contributed by atoms with van der Waals surface area (Å²) in [5.41, 5.74) is 2.38. The number of rotatable bonds is 0. The Hall–Kier alpha value is -2.58. The van der Waals surface area contributed by atoms with Crippen LogP contribution in [0.15, 0.2) is 48.8 Å². The molecule has 0 aliphatic rings. The third-order valence-electron chi connectivity index (χ3n) is 2.01. The molecule has 1 aromatic heterocycles. The van der Waals surface area contributed by atoms with Crippen molar-refractivity contribution in [2.24, 2.45) is 0 Å². The fourth-order valence-electron chi connectivity index (χ4n) is 1.23. The monoisotopic (exact) mass is 204 g/mol. The molecular formula is C14H8N2. The van der Waals surface area contributed by atoms with Gasteiger partial charge in [-0.05, 0) is 24.3 Å². The number of benzene rings is 1. The van der Waals surface area contributed by atoms with Gasteiger partial charge < -0.3 is 0 Å². The van der Waals surface area contributed by atoms with E-state index in [1.54, 1.807) is 24.5 Å². The molecule has 1 aromatic carbocycles. The first kappa shape index (κ1) is 9.96. The number of pyridine rings is 1. The summed E-state index contributed by atoms with van der Waals surface area (Å²) in [6, 6.07) is 11.0. The van der Waals surface area contributed by atoms with Crippen LogP contribution in [-0.4, -0.2) is 4.98 Å². The molecule has 2 nitrogen and oxygen atoms in total. The summed E-state index contributed by atoms with van der Waals surface area (Å²) in [6.07, 6.45) is 3.42. The standard InChI is InChI=1S/C14H8N2/c1-15-14-4-2-3-13(11-14)6-5-12-7-9-16-10-8-12/h2-4,7-11H. The van der Waals surface area contributed by atoms with E-state index < -0.39 is 0 Å². The van der Waals surface area contributed by atoms with Gasteiger partial charge in [0.25, 0.3) is 0 Å². The summed E-state index contributed by atoms with van der Waals surface area (Å²) in [5, 5.41) is 0. The van der Waals surface area contributed by atoms with E-state index >= 15 is 0 Å². The van der Waals surface area contributed by atoms with Crippen LogP contribution in [0, 0.1) is 18.4 Å². The van der Waals surface area contributed by atoms with Crippen molar-refractivity contribution in [1.29, 1.82) is 0 Å². The second-order valence-corrected chi connectivity index (χ2v) is 3.15. The van der Waals surface area contributed by atoms with Crippen molar-refractivity contribution < 1.29 is 0 Å². The van der Waals surface area contributed by atoms with Gasteiger partial charge in [-0.15, -0.1) is 0 Å². The van der Waals surface area contributed by atoms with Gasteiger partial charge >= 0.3 is 0 Å². The molecule has 0 atom stereocenters. The Morgan fingerprint density at radius 2 is 1.75 bits per heavy atom. The minimum Gasteiger partial charge on any atom is -0.265 e. The van der Waals surface area contributed by atoms with Crippen molar-refractivity contribution in [3.8, 4) is 11.8 Å². The molecule has 0 radical (unpaired) electrons. The normalized spacial score (nSPS) is 8.69. The van der Waals surface area contributed by atoms with Crippen LogP contribution in [0.4, 0.5) is 5.69 Å². The highest BCUT2D eigenvalue weighted by Gasteiger charge is 1.90. The second-order valence-electron chi connectivity index (χ2n) is 3.15. The zero-order valence-corrected chi connectivity index (χ0v) is 8.51. The SMILES string of the molecule is [C-]#[N+]c1cccc(C#Cc2ccncc2)c1. The molecule has 2 rings (SSSR count). The number of hydrogen-bond acceptors (Lipinski definition) is 1. The minimum atomic E-state index is 0.613. The predicted molar refractivity (Wildman–Crippen MR) is 62.9 cm³/mol. The Kier molecular flexibility index (Phi) is 2.97. The highest BCUT2D eigenvalue weighted by molar-refractivity contribution is 5.52. The molecule has 0 saturated heterocycles. The molecule has 0 N–H and O–H groups in total. The molecule has 1 heterocycles. The summed E-state index contributed by atoms with van der Waals surface area (Å²) in [7, 11) is 0. The van der Waals surface area contributed by atoms with Crippen molar-refractivity contribution in [1.82, 2.24) is 4.98 Å². The van der Waals surface area contributed by atoms with Gasteiger partial charge in [0.15, 0.2) is 5.69 Å². The molecule has 0 fully saturated rings. The molecule has 0 amide bonds. The van der Waals surface area contributed by atoms with Crippen LogP contribution in [0.2, 0.25) is 0 Å². The molecule has 2 heteroatoms. The molecule has 0 bridgehead atoms. The van der Waals surface area contributed by atoms with E-state index in [0.717, 1.165) is 11.1 Å². The maximum absolute atomic E-state index is 6.91. The quantitative estimate of drug-likeness (QED) is 0.476. The third-order valence-corrected chi connectivity index (χ3v) is 2.01. The minimum absolute atomic E-state index is 0.613. The van der Waals surface area contributed by atoms with Crippen LogP contribution < -0.4 is 0 Å². The first-order chi connectivity index (χ1) is 7.88. The lowest BCUT2D eigenvalue weighted by Crippen LogP contribution is -1.76. The van der Waals surface area contributed by atoms with Crippen LogP contribution in [0.3, 0.4) is 0 Å². The lowest BCUT2D eigenvalue weighted by molar-refractivity contribution is 1.32. The number of aromatic nitrogens is 1. The van der Waals surface area contributed by atoms with Gasteiger partial charge in [-0.2, -0.15) is 0 Å². The van der Waals surface area contributed by atoms with E-state index in [2.05, 4.69) is 21.7 Å². The number of hydrogen-bond donors (Lipinski definition) is 0. The van der Waals surface area contributed by atoms with Gasteiger partial charge in [0.2, 0.25) is 0 Å². The summed E-state index contributed by atoms with van der Waals surface area (Å²) in [4.78, 5) is 7.28. The molecule has 0 aliphatic carbocycles.